The Morgan fingerprint density at radius 2 is 1.19 bits per heavy atom. The molecule has 0 saturated carbocycles. The Labute approximate surface area is 174 Å². The predicted molar refractivity (Wildman–Crippen MR) is 122 cm³/mol. The Hall–Kier alpha value is -2.36. The van der Waals surface area contributed by atoms with Crippen molar-refractivity contribution in [3.05, 3.63) is 93.9 Å². The van der Waals surface area contributed by atoms with Gasteiger partial charge in [0.1, 0.15) is 0 Å². The maximum atomic E-state index is 3.78. The largest absolute Gasteiger partial charge is 0.355 e. The van der Waals surface area contributed by atoms with Crippen molar-refractivity contribution in [1.29, 1.82) is 0 Å². The van der Waals surface area contributed by atoms with Crippen LogP contribution >= 0.6 is 31.9 Å². The smallest absolute Gasteiger partial charge is 0.0465 e. The zero-order valence-electron chi connectivity index (χ0n) is 14.3. The number of hydrogen-bond acceptors (Lipinski definition) is 0. The quantitative estimate of drug-likeness (QED) is 0.264. The molecular weight excluding hydrogens is 462 g/mol. The molecule has 0 radical (unpaired) electrons. The van der Waals surface area contributed by atoms with Crippen molar-refractivity contribution in [2.45, 2.75) is 0 Å². The normalized spacial score (nSPS) is 11.3. The highest BCUT2D eigenvalue weighted by molar-refractivity contribution is 9.11. The standard InChI is InChI=1S/C24H15Br2N/c25-20-13-17(14-21(26)24(20)15-6-2-1-3-7-15)16-10-11-23-19(12-16)18-8-4-5-9-22(18)27-23/h1-14,27H. The molecule has 0 atom stereocenters. The van der Waals surface area contributed by atoms with E-state index in [-0.39, 0.29) is 0 Å². The van der Waals surface area contributed by atoms with E-state index in [1.807, 2.05) is 6.07 Å². The SMILES string of the molecule is Brc1cc(-c2ccc3[nH]c4ccccc4c3c2)cc(Br)c1-c1ccccc1. The summed E-state index contributed by atoms with van der Waals surface area (Å²) in [6.07, 6.45) is 0. The third-order valence-electron chi connectivity index (χ3n) is 4.94. The fraction of sp³-hybridized carbons (Fsp3) is 0. The van der Waals surface area contributed by atoms with Crippen molar-refractivity contribution in [2.75, 3.05) is 0 Å². The molecule has 1 N–H and O–H groups in total. The van der Waals surface area contributed by atoms with Crippen molar-refractivity contribution in [2.24, 2.45) is 0 Å². The van der Waals surface area contributed by atoms with Crippen LogP contribution in [-0.2, 0) is 0 Å². The van der Waals surface area contributed by atoms with Crippen molar-refractivity contribution >= 4 is 53.7 Å². The molecule has 4 aromatic carbocycles. The molecule has 0 aliphatic rings. The van der Waals surface area contributed by atoms with Gasteiger partial charge in [0.15, 0.2) is 0 Å². The molecule has 5 rings (SSSR count). The van der Waals surface area contributed by atoms with Gasteiger partial charge in [-0.15, -0.1) is 0 Å². The summed E-state index contributed by atoms with van der Waals surface area (Å²) in [5, 5.41) is 2.51. The van der Waals surface area contributed by atoms with E-state index in [0.29, 0.717) is 0 Å². The maximum Gasteiger partial charge on any atom is 0.0465 e. The highest BCUT2D eigenvalue weighted by Gasteiger charge is 2.12. The number of aromatic amines is 1. The average molecular weight is 477 g/mol. The first-order valence-corrected chi connectivity index (χ1v) is 10.3. The van der Waals surface area contributed by atoms with Gasteiger partial charge in [-0.25, -0.2) is 0 Å². The zero-order valence-corrected chi connectivity index (χ0v) is 17.5. The Balaban J connectivity index is 1.67. The number of H-pyrrole nitrogens is 1. The van der Waals surface area contributed by atoms with Gasteiger partial charge in [-0.2, -0.15) is 0 Å². The summed E-state index contributed by atoms with van der Waals surface area (Å²) >= 11 is 7.56. The summed E-state index contributed by atoms with van der Waals surface area (Å²) in [5.74, 6) is 0. The van der Waals surface area contributed by atoms with E-state index in [0.717, 1.165) is 8.95 Å². The van der Waals surface area contributed by atoms with E-state index < -0.39 is 0 Å². The van der Waals surface area contributed by atoms with E-state index in [4.69, 9.17) is 0 Å². The molecule has 5 aromatic rings. The lowest BCUT2D eigenvalue weighted by molar-refractivity contribution is 1.52. The van der Waals surface area contributed by atoms with Crippen LogP contribution in [0.5, 0.6) is 0 Å². The number of para-hydroxylation sites is 1. The summed E-state index contributed by atoms with van der Waals surface area (Å²) in [7, 11) is 0. The lowest BCUT2D eigenvalue weighted by atomic mass is 9.99. The molecule has 1 heterocycles. The number of rotatable bonds is 2. The molecule has 0 amide bonds. The monoisotopic (exact) mass is 475 g/mol. The lowest BCUT2D eigenvalue weighted by Crippen LogP contribution is -1.86. The summed E-state index contributed by atoms with van der Waals surface area (Å²) in [4.78, 5) is 3.49. The first-order valence-electron chi connectivity index (χ1n) is 8.76. The highest BCUT2D eigenvalue weighted by Crippen LogP contribution is 2.39. The molecule has 1 aromatic heterocycles. The number of fused-ring (bicyclic) bond motifs is 3. The van der Waals surface area contributed by atoms with Gasteiger partial charge >= 0.3 is 0 Å². The molecule has 0 aliphatic carbocycles. The third kappa shape index (κ3) is 2.91. The Bertz CT molecular complexity index is 1260. The molecule has 0 fully saturated rings. The number of benzene rings is 4. The summed E-state index contributed by atoms with van der Waals surface area (Å²) in [5.41, 5.74) is 7.08. The maximum absolute atomic E-state index is 3.78. The highest BCUT2D eigenvalue weighted by atomic mass is 79.9. The van der Waals surface area contributed by atoms with Gasteiger partial charge in [0.05, 0.1) is 0 Å². The van der Waals surface area contributed by atoms with Gasteiger partial charge in [-0.1, -0.05) is 86.5 Å². The van der Waals surface area contributed by atoms with Crippen molar-refractivity contribution in [3.63, 3.8) is 0 Å². The molecule has 0 bridgehead atoms. The summed E-state index contributed by atoms with van der Waals surface area (Å²) in [6.45, 7) is 0. The van der Waals surface area contributed by atoms with E-state index in [1.54, 1.807) is 0 Å². The first kappa shape index (κ1) is 16.8. The molecule has 0 unspecified atom stereocenters. The molecule has 1 nitrogen and oxygen atoms in total. The Kier molecular flexibility index (Phi) is 4.14. The van der Waals surface area contributed by atoms with E-state index in [1.165, 1.54) is 44.1 Å². The van der Waals surface area contributed by atoms with Crippen LogP contribution in [0.2, 0.25) is 0 Å². The Morgan fingerprint density at radius 1 is 0.519 bits per heavy atom. The van der Waals surface area contributed by atoms with Crippen molar-refractivity contribution in [3.8, 4) is 22.3 Å². The predicted octanol–water partition coefficient (Wildman–Crippen LogP) is 8.18. The summed E-state index contributed by atoms with van der Waals surface area (Å²) < 4.78 is 2.16. The fourth-order valence-corrected chi connectivity index (χ4v) is 5.29. The zero-order chi connectivity index (χ0) is 18.4. The van der Waals surface area contributed by atoms with Crippen molar-refractivity contribution < 1.29 is 0 Å². The third-order valence-corrected chi connectivity index (χ3v) is 6.19. The minimum Gasteiger partial charge on any atom is -0.355 e. The van der Waals surface area contributed by atoms with Gasteiger partial charge < -0.3 is 4.98 Å². The van der Waals surface area contributed by atoms with Crippen LogP contribution < -0.4 is 0 Å². The molecule has 0 aliphatic heterocycles. The van der Waals surface area contributed by atoms with Crippen LogP contribution in [0.3, 0.4) is 0 Å². The van der Waals surface area contributed by atoms with Crippen LogP contribution in [0, 0.1) is 0 Å². The average Bonchev–Trinajstić information content (AvgIpc) is 3.06. The van der Waals surface area contributed by atoms with Crippen molar-refractivity contribution in [1.82, 2.24) is 4.98 Å². The van der Waals surface area contributed by atoms with Crippen LogP contribution in [0.4, 0.5) is 0 Å². The fourth-order valence-electron chi connectivity index (χ4n) is 3.65. The van der Waals surface area contributed by atoms with Gasteiger partial charge in [0.25, 0.3) is 0 Å². The molecule has 3 heteroatoms. The van der Waals surface area contributed by atoms with Crippen LogP contribution in [-0.4, -0.2) is 4.98 Å². The first-order chi connectivity index (χ1) is 13.2. The summed E-state index contributed by atoms with van der Waals surface area (Å²) in [6, 6.07) is 29.9. The number of halogens is 2. The molecular formula is C24H15Br2N. The topological polar surface area (TPSA) is 15.8 Å². The number of hydrogen-bond donors (Lipinski definition) is 1. The second-order valence-corrected chi connectivity index (χ2v) is 8.32. The molecule has 27 heavy (non-hydrogen) atoms. The Morgan fingerprint density at radius 3 is 1.96 bits per heavy atom. The van der Waals surface area contributed by atoms with Crippen LogP contribution in [0.25, 0.3) is 44.1 Å². The minimum absolute atomic E-state index is 1.08. The van der Waals surface area contributed by atoms with Gasteiger partial charge in [0, 0.05) is 36.3 Å². The van der Waals surface area contributed by atoms with E-state index in [2.05, 4.69) is 116 Å². The van der Waals surface area contributed by atoms with E-state index >= 15 is 0 Å². The molecule has 0 saturated heterocycles. The van der Waals surface area contributed by atoms with Gasteiger partial charge in [0.2, 0.25) is 0 Å². The lowest BCUT2D eigenvalue weighted by Gasteiger charge is -2.11. The second kappa shape index (κ2) is 6.66. The van der Waals surface area contributed by atoms with E-state index in [9.17, 15) is 0 Å². The van der Waals surface area contributed by atoms with Gasteiger partial charge in [-0.05, 0) is 47.0 Å². The van der Waals surface area contributed by atoms with Gasteiger partial charge in [-0.3, -0.25) is 0 Å². The van der Waals surface area contributed by atoms with Crippen LogP contribution in [0.1, 0.15) is 0 Å². The number of aromatic nitrogens is 1. The number of nitrogens with one attached hydrogen (secondary N) is 1. The minimum atomic E-state index is 1.08. The van der Waals surface area contributed by atoms with Crippen LogP contribution in [0.15, 0.2) is 93.9 Å². The molecule has 130 valence electrons. The second-order valence-electron chi connectivity index (χ2n) is 6.61. The molecule has 0 spiro atoms.